The van der Waals surface area contributed by atoms with E-state index >= 15 is 0 Å². The van der Waals surface area contributed by atoms with Gasteiger partial charge in [0.05, 0.1) is 46.8 Å². The minimum Gasteiger partial charge on any atom is -0.494 e. The largest absolute Gasteiger partial charge is 0.494 e. The maximum absolute atomic E-state index is 13.2. The molecule has 31 heavy (non-hydrogen) atoms. The predicted molar refractivity (Wildman–Crippen MR) is 116 cm³/mol. The first-order valence-corrected chi connectivity index (χ1v) is 9.56. The van der Waals surface area contributed by atoms with Crippen LogP contribution in [0.1, 0.15) is 17.3 Å². The highest BCUT2D eigenvalue weighted by molar-refractivity contribution is 6.13. The lowest BCUT2D eigenvalue weighted by Gasteiger charge is -2.12. The normalized spacial score (nSPS) is 10.8. The molecule has 9 heteroatoms. The molecule has 1 N–H and O–H groups in total. The molecule has 0 atom stereocenters. The Bertz CT molecular complexity index is 1300. The van der Waals surface area contributed by atoms with Gasteiger partial charge in [0.1, 0.15) is 5.75 Å². The number of fused-ring (bicyclic) bond motifs is 1. The molecule has 2 aromatic heterocycles. The fourth-order valence-electron chi connectivity index (χ4n) is 3.27. The van der Waals surface area contributed by atoms with Crippen LogP contribution in [0, 0.1) is 10.1 Å². The number of aromatic nitrogens is 3. The fraction of sp³-hybridized carbons (Fsp3) is 0.136. The number of amides is 1. The first-order chi connectivity index (χ1) is 15.0. The van der Waals surface area contributed by atoms with Crippen LogP contribution in [0.25, 0.3) is 22.2 Å². The Balaban J connectivity index is 1.76. The van der Waals surface area contributed by atoms with Gasteiger partial charge in [-0.25, -0.2) is 4.98 Å². The minimum atomic E-state index is -0.521. The number of para-hydroxylation sites is 1. The summed E-state index contributed by atoms with van der Waals surface area (Å²) in [4.78, 5) is 28.4. The number of nitrogens with zero attached hydrogens (tertiary/aromatic N) is 4. The summed E-state index contributed by atoms with van der Waals surface area (Å²) in [5.41, 5.74) is 2.72. The van der Waals surface area contributed by atoms with Gasteiger partial charge in [-0.05, 0) is 25.1 Å². The second-order valence-electron chi connectivity index (χ2n) is 6.75. The van der Waals surface area contributed by atoms with Gasteiger partial charge in [0.25, 0.3) is 11.6 Å². The zero-order valence-corrected chi connectivity index (χ0v) is 16.9. The number of non-ortho nitro benzene ring substituents is 1. The Hall–Kier alpha value is -4.27. The smallest absolute Gasteiger partial charge is 0.273 e. The van der Waals surface area contributed by atoms with E-state index in [-0.39, 0.29) is 17.3 Å². The molecule has 4 aromatic rings. The minimum absolute atomic E-state index is 0.126. The van der Waals surface area contributed by atoms with Crippen LogP contribution in [0.5, 0.6) is 5.75 Å². The zero-order valence-electron chi connectivity index (χ0n) is 16.9. The number of methoxy groups -OCH3 is 1. The van der Waals surface area contributed by atoms with E-state index in [1.807, 2.05) is 37.4 Å². The second-order valence-corrected chi connectivity index (χ2v) is 6.75. The maximum atomic E-state index is 13.2. The maximum Gasteiger partial charge on any atom is 0.273 e. The summed E-state index contributed by atoms with van der Waals surface area (Å²) in [6.45, 7) is 2.71. The molecule has 156 valence electrons. The summed E-state index contributed by atoms with van der Waals surface area (Å²) in [7, 11) is 1.39. The molecule has 9 nitrogen and oxygen atoms in total. The number of anilines is 1. The number of hydrogen-bond donors (Lipinski definition) is 1. The molecule has 4 rings (SSSR count). The van der Waals surface area contributed by atoms with E-state index in [0.717, 1.165) is 12.1 Å². The average molecular weight is 417 g/mol. The molecule has 0 spiro atoms. The lowest BCUT2D eigenvalue weighted by Crippen LogP contribution is -2.14. The molecule has 0 aliphatic heterocycles. The number of carbonyl (C=O) groups excluding carboxylic acids is 1. The number of ether oxygens (including phenoxy) is 1. The molecule has 0 unspecified atom stereocenters. The summed E-state index contributed by atoms with van der Waals surface area (Å²) in [5, 5.41) is 18.8. The SMILES string of the molecule is CCn1cc(-c2cc(C(=O)Nc3ccc([N+](=O)[O-])cc3OC)c3ccccc3n2)cn1. The van der Waals surface area contributed by atoms with Crippen molar-refractivity contribution in [2.45, 2.75) is 13.5 Å². The van der Waals surface area contributed by atoms with Gasteiger partial charge >= 0.3 is 0 Å². The summed E-state index contributed by atoms with van der Waals surface area (Å²) in [6, 6.07) is 13.1. The first-order valence-electron chi connectivity index (χ1n) is 9.56. The van der Waals surface area contributed by atoms with Crippen LogP contribution < -0.4 is 10.1 Å². The fourth-order valence-corrected chi connectivity index (χ4v) is 3.27. The van der Waals surface area contributed by atoms with E-state index in [9.17, 15) is 14.9 Å². The van der Waals surface area contributed by atoms with Gasteiger partial charge in [-0.3, -0.25) is 19.6 Å². The highest BCUT2D eigenvalue weighted by atomic mass is 16.6. The lowest BCUT2D eigenvalue weighted by molar-refractivity contribution is -0.384. The van der Waals surface area contributed by atoms with Gasteiger partial charge in [-0.15, -0.1) is 0 Å². The van der Waals surface area contributed by atoms with Crippen molar-refractivity contribution in [3.05, 3.63) is 76.6 Å². The Morgan fingerprint density at radius 1 is 1.23 bits per heavy atom. The van der Waals surface area contributed by atoms with Crippen molar-refractivity contribution in [1.29, 1.82) is 0 Å². The van der Waals surface area contributed by atoms with Gasteiger partial charge in [0.15, 0.2) is 0 Å². The number of hydrogen-bond acceptors (Lipinski definition) is 6. The number of carbonyl (C=O) groups is 1. The molecule has 2 aromatic carbocycles. The highest BCUT2D eigenvalue weighted by Crippen LogP contribution is 2.31. The monoisotopic (exact) mass is 417 g/mol. The van der Waals surface area contributed by atoms with Gasteiger partial charge in [0, 0.05) is 29.8 Å². The molecule has 1 amide bonds. The van der Waals surface area contributed by atoms with Crippen LogP contribution in [-0.2, 0) is 6.54 Å². The number of benzene rings is 2. The van der Waals surface area contributed by atoms with E-state index in [0.29, 0.717) is 27.8 Å². The summed E-state index contributed by atoms with van der Waals surface area (Å²) < 4.78 is 7.01. The highest BCUT2D eigenvalue weighted by Gasteiger charge is 2.18. The number of pyridine rings is 1. The number of nitro benzene ring substituents is 1. The third-order valence-corrected chi connectivity index (χ3v) is 4.86. The molecular formula is C22H19N5O4. The molecule has 0 saturated heterocycles. The number of rotatable bonds is 6. The van der Waals surface area contributed by atoms with E-state index in [1.165, 1.54) is 25.3 Å². The molecule has 2 heterocycles. The standard InChI is InChI=1S/C22H19N5O4/c1-3-26-13-14(12-23-26)20-11-17(16-6-4-5-7-18(16)24-20)22(28)25-19-9-8-15(27(29)30)10-21(19)31-2/h4-13H,3H2,1-2H3,(H,25,28). The van der Waals surface area contributed by atoms with Crippen molar-refractivity contribution < 1.29 is 14.5 Å². The quantitative estimate of drug-likeness (QED) is 0.370. The van der Waals surface area contributed by atoms with Crippen LogP contribution in [0.3, 0.4) is 0 Å². The Kier molecular flexibility index (Phi) is 5.31. The van der Waals surface area contributed by atoms with Crippen molar-refractivity contribution in [3.63, 3.8) is 0 Å². The van der Waals surface area contributed by atoms with Crippen molar-refractivity contribution >= 4 is 28.2 Å². The number of nitro groups is 1. The van der Waals surface area contributed by atoms with Crippen molar-refractivity contribution in [2.24, 2.45) is 0 Å². The average Bonchev–Trinajstić information content (AvgIpc) is 3.27. The van der Waals surface area contributed by atoms with Crippen LogP contribution in [0.15, 0.2) is 60.9 Å². The summed E-state index contributed by atoms with van der Waals surface area (Å²) in [5.74, 6) is -0.180. The zero-order chi connectivity index (χ0) is 22.0. The van der Waals surface area contributed by atoms with E-state index in [4.69, 9.17) is 4.74 Å². The molecule has 0 fully saturated rings. The topological polar surface area (TPSA) is 112 Å². The van der Waals surface area contributed by atoms with Gasteiger partial charge in [0.2, 0.25) is 0 Å². The first kappa shape index (κ1) is 20.0. The van der Waals surface area contributed by atoms with Crippen molar-refractivity contribution in [2.75, 3.05) is 12.4 Å². The van der Waals surface area contributed by atoms with Crippen LogP contribution in [0.2, 0.25) is 0 Å². The third kappa shape index (κ3) is 3.93. The van der Waals surface area contributed by atoms with Crippen LogP contribution in [-0.4, -0.2) is 32.7 Å². The molecule has 0 radical (unpaired) electrons. The molecule has 0 saturated carbocycles. The van der Waals surface area contributed by atoms with Crippen molar-refractivity contribution in [1.82, 2.24) is 14.8 Å². The van der Waals surface area contributed by atoms with Gasteiger partial charge in [-0.1, -0.05) is 18.2 Å². The number of nitrogens with one attached hydrogen (secondary N) is 1. The summed E-state index contributed by atoms with van der Waals surface area (Å²) >= 11 is 0. The van der Waals surface area contributed by atoms with E-state index in [2.05, 4.69) is 15.4 Å². The molecule has 0 aliphatic carbocycles. The summed E-state index contributed by atoms with van der Waals surface area (Å²) in [6.07, 6.45) is 3.58. The lowest BCUT2D eigenvalue weighted by atomic mass is 10.0. The van der Waals surface area contributed by atoms with Crippen LogP contribution in [0.4, 0.5) is 11.4 Å². The number of aryl methyl sites for hydroxylation is 1. The Morgan fingerprint density at radius 2 is 2.03 bits per heavy atom. The Labute approximate surface area is 177 Å². The van der Waals surface area contributed by atoms with Crippen molar-refractivity contribution in [3.8, 4) is 17.0 Å². The third-order valence-electron chi connectivity index (χ3n) is 4.86. The second kappa shape index (κ2) is 8.23. The van der Waals surface area contributed by atoms with Crippen LogP contribution >= 0.6 is 0 Å². The predicted octanol–water partition coefficient (Wildman–Crippen LogP) is 4.29. The molecule has 0 bridgehead atoms. The molecule has 0 aliphatic rings. The molecular weight excluding hydrogens is 398 g/mol. The Morgan fingerprint density at radius 3 is 2.74 bits per heavy atom. The van der Waals surface area contributed by atoms with E-state index in [1.54, 1.807) is 16.9 Å². The van der Waals surface area contributed by atoms with Gasteiger partial charge in [-0.2, -0.15) is 5.10 Å². The van der Waals surface area contributed by atoms with E-state index < -0.39 is 4.92 Å². The van der Waals surface area contributed by atoms with Gasteiger partial charge < -0.3 is 10.1 Å².